The zero-order valence-corrected chi connectivity index (χ0v) is 9.37. The number of hydrogen-bond donors (Lipinski definition) is 0. The summed E-state index contributed by atoms with van der Waals surface area (Å²) < 4.78 is 5.81. The van der Waals surface area contributed by atoms with Crippen molar-refractivity contribution in [2.24, 2.45) is 0 Å². The molecule has 1 aliphatic rings. The summed E-state index contributed by atoms with van der Waals surface area (Å²) in [4.78, 5) is 4.11. The maximum Gasteiger partial charge on any atom is 0.0842 e. The Morgan fingerprint density at radius 1 is 1.46 bits per heavy atom. The third-order valence-electron chi connectivity index (χ3n) is 2.42. The molecule has 70 valence electrons. The molecule has 2 heterocycles. The second-order valence-corrected chi connectivity index (χ2v) is 9.89. The van der Waals surface area contributed by atoms with Crippen molar-refractivity contribution in [2.75, 3.05) is 0 Å². The highest BCUT2D eigenvalue weighted by atomic mass is 28.3. The van der Waals surface area contributed by atoms with E-state index in [1.165, 1.54) is 11.1 Å². The van der Waals surface area contributed by atoms with E-state index in [9.17, 15) is 0 Å². The van der Waals surface area contributed by atoms with Gasteiger partial charge in [0.2, 0.25) is 0 Å². The number of pyridine rings is 1. The molecule has 1 unspecified atom stereocenters. The molecule has 0 aromatic carbocycles. The Balaban J connectivity index is 2.39. The summed E-state index contributed by atoms with van der Waals surface area (Å²) in [7, 11) is -1.23. The zero-order valence-electron chi connectivity index (χ0n) is 8.37. The standard InChI is InChI=1S/C10H15NOSi/c1-13(2,3)10-9-4-5-11-6-8(9)7-12-10/h4-6,10H,7H2,1-3H3. The summed E-state index contributed by atoms with van der Waals surface area (Å²) in [6, 6.07) is 2.10. The van der Waals surface area contributed by atoms with E-state index in [4.69, 9.17) is 4.74 Å². The van der Waals surface area contributed by atoms with Gasteiger partial charge in [0.25, 0.3) is 0 Å². The van der Waals surface area contributed by atoms with Gasteiger partial charge in [-0.1, -0.05) is 19.6 Å². The highest BCUT2D eigenvalue weighted by Crippen LogP contribution is 2.36. The van der Waals surface area contributed by atoms with Crippen molar-refractivity contribution in [3.05, 3.63) is 29.6 Å². The van der Waals surface area contributed by atoms with Crippen LogP contribution in [0.1, 0.15) is 16.9 Å². The first kappa shape index (κ1) is 8.90. The fourth-order valence-corrected chi connectivity index (χ4v) is 3.59. The number of fused-ring (bicyclic) bond motifs is 1. The predicted molar refractivity (Wildman–Crippen MR) is 55.1 cm³/mol. The van der Waals surface area contributed by atoms with Crippen molar-refractivity contribution in [2.45, 2.75) is 32.0 Å². The molecule has 0 bridgehead atoms. The smallest absolute Gasteiger partial charge is 0.0842 e. The Labute approximate surface area is 80.0 Å². The summed E-state index contributed by atoms with van der Waals surface area (Å²) in [5.41, 5.74) is 3.01. The fraction of sp³-hybridized carbons (Fsp3) is 0.500. The lowest BCUT2D eigenvalue weighted by Gasteiger charge is -2.24. The van der Waals surface area contributed by atoms with E-state index < -0.39 is 8.07 Å². The number of rotatable bonds is 1. The van der Waals surface area contributed by atoms with E-state index in [1.807, 2.05) is 12.4 Å². The average Bonchev–Trinajstić information content (AvgIpc) is 2.45. The van der Waals surface area contributed by atoms with E-state index in [2.05, 4.69) is 30.7 Å². The quantitative estimate of drug-likeness (QED) is 0.639. The van der Waals surface area contributed by atoms with E-state index in [-0.39, 0.29) is 0 Å². The van der Waals surface area contributed by atoms with Crippen LogP contribution in [0.15, 0.2) is 18.5 Å². The van der Waals surface area contributed by atoms with Crippen molar-refractivity contribution >= 4 is 8.07 Å². The molecule has 0 fully saturated rings. The van der Waals surface area contributed by atoms with Crippen molar-refractivity contribution in [3.63, 3.8) is 0 Å². The lowest BCUT2D eigenvalue weighted by Crippen LogP contribution is -2.30. The molecule has 2 rings (SSSR count). The molecule has 1 aromatic rings. The van der Waals surface area contributed by atoms with Crippen molar-refractivity contribution in [3.8, 4) is 0 Å². The van der Waals surface area contributed by atoms with Gasteiger partial charge in [0, 0.05) is 18.0 Å². The molecule has 1 aromatic heterocycles. The normalized spacial score (nSPS) is 21.6. The summed E-state index contributed by atoms with van der Waals surface area (Å²) in [6.07, 6.45) is 3.79. The van der Waals surface area contributed by atoms with E-state index in [0.717, 1.165) is 6.61 Å². The molecule has 0 radical (unpaired) electrons. The van der Waals surface area contributed by atoms with E-state index >= 15 is 0 Å². The minimum Gasteiger partial charge on any atom is -0.372 e. The Morgan fingerprint density at radius 2 is 2.23 bits per heavy atom. The second kappa shape index (κ2) is 2.92. The first-order valence-corrected chi connectivity index (χ1v) is 8.21. The third kappa shape index (κ3) is 1.54. The van der Waals surface area contributed by atoms with E-state index in [1.54, 1.807) is 0 Å². The SMILES string of the molecule is C[Si](C)(C)C1OCc2cnccc21. The summed E-state index contributed by atoms with van der Waals surface area (Å²) >= 11 is 0. The molecule has 3 heteroatoms. The minimum atomic E-state index is -1.23. The van der Waals surface area contributed by atoms with Gasteiger partial charge in [0.05, 0.1) is 20.4 Å². The van der Waals surface area contributed by atoms with Gasteiger partial charge in [-0.15, -0.1) is 0 Å². The maximum absolute atomic E-state index is 5.81. The lowest BCUT2D eigenvalue weighted by atomic mass is 10.2. The van der Waals surface area contributed by atoms with Gasteiger partial charge >= 0.3 is 0 Å². The highest BCUT2D eigenvalue weighted by molar-refractivity contribution is 6.77. The van der Waals surface area contributed by atoms with Gasteiger partial charge in [-0.05, 0) is 11.6 Å². The molecule has 0 spiro atoms. The molecule has 1 aliphatic heterocycles. The minimum absolute atomic E-state index is 0.366. The summed E-state index contributed by atoms with van der Waals surface area (Å²) in [5, 5.41) is 0. The maximum atomic E-state index is 5.81. The lowest BCUT2D eigenvalue weighted by molar-refractivity contribution is 0.114. The van der Waals surface area contributed by atoms with Gasteiger partial charge in [0.15, 0.2) is 0 Å². The van der Waals surface area contributed by atoms with Gasteiger partial charge in [-0.2, -0.15) is 0 Å². The molecule has 0 saturated carbocycles. The molecule has 0 amide bonds. The first-order chi connectivity index (χ1) is 6.09. The number of aromatic nitrogens is 1. The average molecular weight is 193 g/mol. The Bertz CT molecular complexity index is 319. The number of nitrogens with zero attached hydrogens (tertiary/aromatic N) is 1. The molecule has 2 nitrogen and oxygen atoms in total. The molecule has 0 N–H and O–H groups in total. The van der Waals surface area contributed by atoms with Crippen LogP contribution in [0.2, 0.25) is 19.6 Å². The Kier molecular flexibility index (Phi) is 2.00. The van der Waals surface area contributed by atoms with Crippen LogP contribution in [0.4, 0.5) is 0 Å². The Hall–Kier alpha value is -0.673. The van der Waals surface area contributed by atoms with Gasteiger partial charge in [0.1, 0.15) is 0 Å². The van der Waals surface area contributed by atoms with Crippen molar-refractivity contribution < 1.29 is 4.74 Å². The molecular formula is C10H15NOSi. The largest absolute Gasteiger partial charge is 0.372 e. The molecule has 13 heavy (non-hydrogen) atoms. The summed E-state index contributed by atoms with van der Waals surface area (Å²) in [5.74, 6) is 0. The molecular weight excluding hydrogens is 178 g/mol. The number of hydrogen-bond acceptors (Lipinski definition) is 2. The molecule has 1 atom stereocenters. The second-order valence-electron chi connectivity index (χ2n) is 4.63. The van der Waals surface area contributed by atoms with Crippen molar-refractivity contribution in [1.29, 1.82) is 0 Å². The van der Waals surface area contributed by atoms with Gasteiger partial charge in [-0.25, -0.2) is 0 Å². The zero-order chi connectivity index (χ0) is 9.47. The molecule has 0 saturated heterocycles. The van der Waals surface area contributed by atoms with Crippen LogP contribution in [0.5, 0.6) is 0 Å². The first-order valence-electron chi connectivity index (χ1n) is 4.63. The van der Waals surface area contributed by atoms with Crippen LogP contribution in [0, 0.1) is 0 Å². The van der Waals surface area contributed by atoms with E-state index in [0.29, 0.717) is 5.73 Å². The van der Waals surface area contributed by atoms with Crippen LogP contribution in [-0.4, -0.2) is 13.1 Å². The fourth-order valence-electron chi connectivity index (χ4n) is 1.79. The van der Waals surface area contributed by atoms with Crippen LogP contribution in [0.3, 0.4) is 0 Å². The van der Waals surface area contributed by atoms with Crippen molar-refractivity contribution in [1.82, 2.24) is 4.98 Å². The summed E-state index contributed by atoms with van der Waals surface area (Å²) in [6.45, 7) is 7.77. The topological polar surface area (TPSA) is 22.1 Å². The predicted octanol–water partition coefficient (Wildman–Crippen LogP) is 2.53. The monoisotopic (exact) mass is 193 g/mol. The Morgan fingerprint density at radius 3 is 2.92 bits per heavy atom. The van der Waals surface area contributed by atoms with Crippen LogP contribution in [0.25, 0.3) is 0 Å². The van der Waals surface area contributed by atoms with Crippen LogP contribution < -0.4 is 0 Å². The number of ether oxygens (including phenoxy) is 1. The van der Waals surface area contributed by atoms with Crippen LogP contribution >= 0.6 is 0 Å². The van der Waals surface area contributed by atoms with Gasteiger partial charge < -0.3 is 4.74 Å². The highest BCUT2D eigenvalue weighted by Gasteiger charge is 2.34. The molecule has 0 aliphatic carbocycles. The van der Waals surface area contributed by atoms with Gasteiger partial charge in [-0.3, -0.25) is 4.98 Å². The third-order valence-corrected chi connectivity index (χ3v) is 4.47. The van der Waals surface area contributed by atoms with Crippen LogP contribution in [-0.2, 0) is 11.3 Å².